The highest BCUT2D eigenvalue weighted by atomic mass is 16.3. The number of piperazine rings is 1. The Labute approximate surface area is 96.4 Å². The molecule has 0 aromatic carbocycles. The van der Waals surface area contributed by atoms with Crippen LogP contribution in [0.25, 0.3) is 0 Å². The largest absolute Gasteiger partial charge is 0.391 e. The molecule has 0 saturated carbocycles. The van der Waals surface area contributed by atoms with Crippen molar-refractivity contribution in [3.8, 4) is 0 Å². The number of rotatable bonds is 3. The number of nitrogens with zero attached hydrogens (tertiary/aromatic N) is 2. The van der Waals surface area contributed by atoms with Crippen LogP contribution in [0.1, 0.15) is 12.8 Å². The lowest BCUT2D eigenvalue weighted by Gasteiger charge is -2.27. The Kier molecular flexibility index (Phi) is 4.15. The van der Waals surface area contributed by atoms with Gasteiger partial charge in [0.05, 0.1) is 6.10 Å². The summed E-state index contributed by atoms with van der Waals surface area (Å²) in [5, 5.41) is 12.6. The normalized spacial score (nSPS) is 27.3. The molecule has 2 N–H and O–H groups in total. The van der Waals surface area contributed by atoms with Gasteiger partial charge in [0, 0.05) is 52.2 Å². The van der Waals surface area contributed by atoms with E-state index in [4.69, 9.17) is 0 Å². The number of aliphatic hydroxyl groups is 1. The second-order valence-electron chi connectivity index (χ2n) is 4.62. The maximum Gasteiger partial charge on any atom is 0.223 e. The van der Waals surface area contributed by atoms with Gasteiger partial charge in [0.2, 0.25) is 5.91 Å². The first-order chi connectivity index (χ1) is 7.75. The molecule has 2 rings (SSSR count). The Hall–Kier alpha value is -0.650. The standard InChI is InChI=1S/C11H21N3O2/c15-10-1-6-14(9-10)11(16)2-5-13-7-3-12-4-8-13/h10,12,15H,1-9H2. The molecule has 0 aliphatic carbocycles. The van der Waals surface area contributed by atoms with E-state index in [0.29, 0.717) is 13.0 Å². The molecule has 92 valence electrons. The molecule has 5 heteroatoms. The smallest absolute Gasteiger partial charge is 0.223 e. The monoisotopic (exact) mass is 227 g/mol. The van der Waals surface area contributed by atoms with E-state index in [2.05, 4.69) is 10.2 Å². The quantitative estimate of drug-likeness (QED) is 0.641. The topological polar surface area (TPSA) is 55.8 Å². The predicted molar refractivity (Wildman–Crippen MR) is 61.1 cm³/mol. The first kappa shape index (κ1) is 11.8. The van der Waals surface area contributed by atoms with Crippen molar-refractivity contribution < 1.29 is 9.90 Å². The highest BCUT2D eigenvalue weighted by Crippen LogP contribution is 2.10. The van der Waals surface area contributed by atoms with Crippen LogP contribution >= 0.6 is 0 Å². The van der Waals surface area contributed by atoms with E-state index in [-0.39, 0.29) is 12.0 Å². The van der Waals surface area contributed by atoms with Gasteiger partial charge in [-0.05, 0) is 6.42 Å². The summed E-state index contributed by atoms with van der Waals surface area (Å²) in [6, 6.07) is 0. The molecule has 0 spiro atoms. The Bertz CT molecular complexity index is 241. The number of aliphatic hydroxyl groups excluding tert-OH is 1. The van der Waals surface area contributed by atoms with Gasteiger partial charge in [0.25, 0.3) is 0 Å². The van der Waals surface area contributed by atoms with Gasteiger partial charge in [-0.25, -0.2) is 0 Å². The lowest BCUT2D eigenvalue weighted by molar-refractivity contribution is -0.130. The summed E-state index contributed by atoms with van der Waals surface area (Å²) in [6.45, 7) is 6.23. The van der Waals surface area contributed by atoms with Crippen LogP contribution in [-0.4, -0.2) is 72.7 Å². The van der Waals surface area contributed by atoms with Crippen LogP contribution < -0.4 is 5.32 Å². The maximum atomic E-state index is 11.8. The van der Waals surface area contributed by atoms with Crippen LogP contribution in [0.15, 0.2) is 0 Å². The second kappa shape index (κ2) is 5.61. The number of carbonyl (C=O) groups is 1. The van der Waals surface area contributed by atoms with Crippen molar-refractivity contribution in [2.75, 3.05) is 45.8 Å². The molecule has 1 atom stereocenters. The van der Waals surface area contributed by atoms with E-state index < -0.39 is 0 Å². The fourth-order valence-electron chi connectivity index (χ4n) is 2.31. The summed E-state index contributed by atoms with van der Waals surface area (Å²) in [6.07, 6.45) is 1.02. The lowest BCUT2D eigenvalue weighted by Crippen LogP contribution is -2.44. The van der Waals surface area contributed by atoms with Crippen LogP contribution in [0.2, 0.25) is 0 Å². The Morgan fingerprint density at radius 1 is 1.31 bits per heavy atom. The van der Waals surface area contributed by atoms with Crippen LogP contribution in [0.5, 0.6) is 0 Å². The second-order valence-corrected chi connectivity index (χ2v) is 4.62. The summed E-state index contributed by atoms with van der Waals surface area (Å²) in [7, 11) is 0. The van der Waals surface area contributed by atoms with Gasteiger partial charge < -0.3 is 20.2 Å². The lowest BCUT2D eigenvalue weighted by atomic mass is 10.3. The molecule has 0 radical (unpaired) electrons. The Morgan fingerprint density at radius 3 is 2.69 bits per heavy atom. The molecule has 0 aromatic rings. The summed E-state index contributed by atoms with van der Waals surface area (Å²) in [5.74, 6) is 0.190. The zero-order chi connectivity index (χ0) is 11.4. The van der Waals surface area contributed by atoms with E-state index in [1.165, 1.54) is 0 Å². The predicted octanol–water partition coefficient (Wildman–Crippen LogP) is -1.13. The molecular formula is C11H21N3O2. The zero-order valence-electron chi connectivity index (χ0n) is 9.69. The Morgan fingerprint density at radius 2 is 2.06 bits per heavy atom. The van der Waals surface area contributed by atoms with E-state index in [1.807, 2.05) is 0 Å². The van der Waals surface area contributed by atoms with Crippen LogP contribution in [0.3, 0.4) is 0 Å². The van der Waals surface area contributed by atoms with Crippen LogP contribution in [-0.2, 0) is 4.79 Å². The van der Waals surface area contributed by atoms with Crippen molar-refractivity contribution in [1.29, 1.82) is 0 Å². The number of nitrogens with one attached hydrogen (secondary N) is 1. The average molecular weight is 227 g/mol. The molecule has 0 bridgehead atoms. The van der Waals surface area contributed by atoms with Crippen molar-refractivity contribution in [3.63, 3.8) is 0 Å². The zero-order valence-corrected chi connectivity index (χ0v) is 9.69. The van der Waals surface area contributed by atoms with Crippen LogP contribution in [0.4, 0.5) is 0 Å². The van der Waals surface area contributed by atoms with Gasteiger partial charge >= 0.3 is 0 Å². The van der Waals surface area contributed by atoms with Crippen molar-refractivity contribution in [2.24, 2.45) is 0 Å². The Balaban J connectivity index is 1.67. The summed E-state index contributed by atoms with van der Waals surface area (Å²) < 4.78 is 0. The third-order valence-corrected chi connectivity index (χ3v) is 3.37. The number of β-amino-alcohol motifs (C(OH)–C–C–N with tert-alkyl or cyclic N) is 1. The van der Waals surface area contributed by atoms with Gasteiger partial charge in [-0.1, -0.05) is 0 Å². The first-order valence-corrected chi connectivity index (χ1v) is 6.14. The minimum absolute atomic E-state index is 0.190. The molecule has 2 heterocycles. The third-order valence-electron chi connectivity index (χ3n) is 3.37. The number of likely N-dealkylation sites (tertiary alicyclic amines) is 1. The van der Waals surface area contributed by atoms with E-state index in [0.717, 1.165) is 45.7 Å². The van der Waals surface area contributed by atoms with E-state index in [9.17, 15) is 9.90 Å². The molecule has 0 aromatic heterocycles. The molecule has 1 unspecified atom stereocenters. The number of amides is 1. The molecule has 2 fully saturated rings. The van der Waals surface area contributed by atoms with E-state index in [1.54, 1.807) is 4.90 Å². The van der Waals surface area contributed by atoms with Gasteiger partial charge in [-0.3, -0.25) is 4.79 Å². The molecule has 2 aliphatic heterocycles. The number of hydrogen-bond donors (Lipinski definition) is 2. The SMILES string of the molecule is O=C(CCN1CCNCC1)N1CCC(O)C1. The molecular weight excluding hydrogens is 206 g/mol. The average Bonchev–Trinajstić information content (AvgIpc) is 2.74. The van der Waals surface area contributed by atoms with Crippen molar-refractivity contribution in [2.45, 2.75) is 18.9 Å². The highest BCUT2D eigenvalue weighted by Gasteiger charge is 2.24. The maximum absolute atomic E-state index is 11.8. The van der Waals surface area contributed by atoms with Crippen molar-refractivity contribution in [1.82, 2.24) is 15.1 Å². The number of carbonyl (C=O) groups excluding carboxylic acids is 1. The molecule has 2 saturated heterocycles. The summed E-state index contributed by atoms with van der Waals surface area (Å²) in [5.41, 5.74) is 0. The highest BCUT2D eigenvalue weighted by molar-refractivity contribution is 5.76. The minimum atomic E-state index is -0.303. The number of hydrogen-bond acceptors (Lipinski definition) is 4. The van der Waals surface area contributed by atoms with Gasteiger partial charge in [0.15, 0.2) is 0 Å². The summed E-state index contributed by atoms with van der Waals surface area (Å²) >= 11 is 0. The van der Waals surface area contributed by atoms with E-state index >= 15 is 0 Å². The summed E-state index contributed by atoms with van der Waals surface area (Å²) in [4.78, 5) is 15.9. The van der Waals surface area contributed by atoms with Gasteiger partial charge in [0.1, 0.15) is 0 Å². The van der Waals surface area contributed by atoms with Crippen molar-refractivity contribution >= 4 is 5.91 Å². The first-order valence-electron chi connectivity index (χ1n) is 6.14. The molecule has 2 aliphatic rings. The van der Waals surface area contributed by atoms with Crippen molar-refractivity contribution in [3.05, 3.63) is 0 Å². The molecule has 16 heavy (non-hydrogen) atoms. The minimum Gasteiger partial charge on any atom is -0.391 e. The molecule has 1 amide bonds. The fraction of sp³-hybridized carbons (Fsp3) is 0.909. The third kappa shape index (κ3) is 3.17. The van der Waals surface area contributed by atoms with Gasteiger partial charge in [-0.15, -0.1) is 0 Å². The van der Waals surface area contributed by atoms with Gasteiger partial charge in [-0.2, -0.15) is 0 Å². The van der Waals surface area contributed by atoms with Crippen LogP contribution in [0, 0.1) is 0 Å². The molecule has 5 nitrogen and oxygen atoms in total. The fourth-order valence-corrected chi connectivity index (χ4v) is 2.31.